The maximum absolute atomic E-state index is 9.95. The highest BCUT2D eigenvalue weighted by molar-refractivity contribution is 8.24. The minimum Gasteiger partial charge on any atom is -0.310 e. The molecule has 0 radical (unpaired) electrons. The molecule has 0 aromatic heterocycles. The lowest BCUT2D eigenvalue weighted by Gasteiger charge is -2.26. The molecule has 1 rings (SSSR count). The fourth-order valence-electron chi connectivity index (χ4n) is 1.41. The zero-order chi connectivity index (χ0) is 9.03. The molecule has 3 N–H and O–H groups in total. The summed E-state index contributed by atoms with van der Waals surface area (Å²) in [6.45, 7) is 1.07. The van der Waals surface area contributed by atoms with E-state index in [1.807, 2.05) is 0 Å². The van der Waals surface area contributed by atoms with Crippen molar-refractivity contribution in [1.82, 2.24) is 5.32 Å². The second-order valence-corrected chi connectivity index (χ2v) is 5.50. The molecule has 0 aliphatic carbocycles. The van der Waals surface area contributed by atoms with E-state index >= 15 is 0 Å². The minimum atomic E-state index is -2.26. The Morgan fingerprint density at radius 1 is 1.58 bits per heavy atom. The Hall–Kier alpha value is -0.100. The molecular formula is C7H15NO3S. The molecule has 0 aromatic rings. The topological polar surface area (TPSA) is 69.6 Å². The third kappa shape index (κ3) is 3.10. The van der Waals surface area contributed by atoms with Crippen LogP contribution in [0.5, 0.6) is 0 Å². The summed E-state index contributed by atoms with van der Waals surface area (Å²) >= 11 is 0. The van der Waals surface area contributed by atoms with Gasteiger partial charge in [-0.1, -0.05) is 0 Å². The highest BCUT2D eigenvalue weighted by atomic mass is 32.3. The fourth-order valence-corrected chi connectivity index (χ4v) is 3.32. The van der Waals surface area contributed by atoms with E-state index in [1.165, 1.54) is 0 Å². The smallest absolute Gasteiger partial charge is 0.133 e. The van der Waals surface area contributed by atoms with Crippen LogP contribution in [0.4, 0.5) is 0 Å². The predicted octanol–water partition coefficient (Wildman–Crippen LogP) is 0.545. The van der Waals surface area contributed by atoms with Gasteiger partial charge >= 0.3 is 0 Å². The van der Waals surface area contributed by atoms with E-state index < -0.39 is 10.6 Å². The molecule has 1 aliphatic rings. The van der Waals surface area contributed by atoms with Crippen molar-refractivity contribution in [2.75, 3.05) is 24.6 Å². The monoisotopic (exact) mass is 193 g/mol. The Morgan fingerprint density at radius 2 is 2.33 bits per heavy atom. The maximum atomic E-state index is 9.95. The van der Waals surface area contributed by atoms with Crippen molar-refractivity contribution in [2.24, 2.45) is 5.92 Å². The largest absolute Gasteiger partial charge is 0.310 e. The van der Waals surface area contributed by atoms with Crippen LogP contribution < -0.4 is 5.32 Å². The van der Waals surface area contributed by atoms with Gasteiger partial charge < -0.3 is 10.1 Å². The van der Waals surface area contributed by atoms with Crippen LogP contribution in [0.15, 0.2) is 0 Å². The van der Waals surface area contributed by atoms with E-state index in [1.54, 1.807) is 0 Å². The van der Waals surface area contributed by atoms with Gasteiger partial charge in [0, 0.05) is 11.5 Å². The zero-order valence-electron chi connectivity index (χ0n) is 6.90. The van der Waals surface area contributed by atoms with Gasteiger partial charge in [0.2, 0.25) is 0 Å². The summed E-state index contributed by atoms with van der Waals surface area (Å²) < 4.78 is 18.5. The molecule has 0 amide bonds. The Kier molecular flexibility index (Phi) is 3.52. The Morgan fingerprint density at radius 3 is 2.83 bits per heavy atom. The third-order valence-corrected chi connectivity index (χ3v) is 3.91. The van der Waals surface area contributed by atoms with E-state index in [0.29, 0.717) is 30.5 Å². The van der Waals surface area contributed by atoms with Gasteiger partial charge in [-0.25, -0.2) is 0 Å². The molecule has 1 fully saturated rings. The summed E-state index contributed by atoms with van der Waals surface area (Å²) in [7, 11) is -2.26. The number of hydrogen-bond acceptors (Lipinski definition) is 4. The average molecular weight is 193 g/mol. The summed E-state index contributed by atoms with van der Waals surface area (Å²) in [5, 5.41) is 2.94. The molecule has 5 heteroatoms. The van der Waals surface area contributed by atoms with Crippen molar-refractivity contribution in [3.63, 3.8) is 0 Å². The van der Waals surface area contributed by atoms with Crippen LogP contribution in [0.2, 0.25) is 0 Å². The number of aldehydes is 1. The molecule has 1 heterocycles. The molecule has 4 nitrogen and oxygen atoms in total. The minimum absolute atomic E-state index is 0.329. The zero-order valence-corrected chi connectivity index (χ0v) is 7.72. The number of rotatable bonds is 4. The number of hydrogen-bond donors (Lipinski definition) is 3. The van der Waals surface area contributed by atoms with Crippen LogP contribution in [0.1, 0.15) is 6.42 Å². The molecule has 1 saturated heterocycles. The van der Waals surface area contributed by atoms with Gasteiger partial charge in [0.1, 0.15) is 6.29 Å². The molecule has 0 saturated carbocycles. The first kappa shape index (κ1) is 9.98. The van der Waals surface area contributed by atoms with E-state index in [2.05, 4.69) is 5.32 Å². The SMILES string of the molecule is O=CCNCC1CCS(O)(O)C1. The Balaban J connectivity index is 2.15. The normalized spacial score (nSPS) is 30.0. The van der Waals surface area contributed by atoms with Crippen molar-refractivity contribution < 1.29 is 13.9 Å². The lowest BCUT2D eigenvalue weighted by molar-refractivity contribution is -0.107. The van der Waals surface area contributed by atoms with Crippen LogP contribution in [-0.4, -0.2) is 40.0 Å². The fraction of sp³-hybridized carbons (Fsp3) is 0.857. The molecular weight excluding hydrogens is 178 g/mol. The average Bonchev–Trinajstić information content (AvgIpc) is 2.31. The summed E-state index contributed by atoms with van der Waals surface area (Å²) in [6.07, 6.45) is 1.67. The van der Waals surface area contributed by atoms with E-state index in [0.717, 1.165) is 12.7 Å². The lowest BCUT2D eigenvalue weighted by Crippen LogP contribution is -2.24. The summed E-state index contributed by atoms with van der Waals surface area (Å²) in [4.78, 5) is 9.95. The van der Waals surface area contributed by atoms with Crippen LogP contribution in [0.3, 0.4) is 0 Å². The molecule has 72 valence electrons. The molecule has 12 heavy (non-hydrogen) atoms. The van der Waals surface area contributed by atoms with Crippen LogP contribution >= 0.6 is 10.6 Å². The van der Waals surface area contributed by atoms with Gasteiger partial charge in [0.05, 0.1) is 6.54 Å². The van der Waals surface area contributed by atoms with Gasteiger partial charge in [-0.2, -0.15) is 10.6 Å². The van der Waals surface area contributed by atoms with E-state index in [-0.39, 0.29) is 0 Å². The van der Waals surface area contributed by atoms with Crippen molar-refractivity contribution in [1.29, 1.82) is 0 Å². The number of carbonyl (C=O) groups is 1. The summed E-state index contributed by atoms with van der Waals surface area (Å²) in [6, 6.07) is 0. The highest BCUT2D eigenvalue weighted by Crippen LogP contribution is 2.47. The van der Waals surface area contributed by atoms with Crippen molar-refractivity contribution in [2.45, 2.75) is 6.42 Å². The van der Waals surface area contributed by atoms with Gasteiger partial charge in [0.15, 0.2) is 0 Å². The van der Waals surface area contributed by atoms with Gasteiger partial charge in [-0.05, 0) is 18.9 Å². The second-order valence-electron chi connectivity index (χ2n) is 3.15. The number of nitrogens with one attached hydrogen (secondary N) is 1. The molecule has 1 aliphatic heterocycles. The van der Waals surface area contributed by atoms with Crippen molar-refractivity contribution >= 4 is 16.9 Å². The molecule has 0 bridgehead atoms. The predicted molar refractivity (Wildman–Crippen MR) is 49.6 cm³/mol. The molecule has 1 atom stereocenters. The highest BCUT2D eigenvalue weighted by Gasteiger charge is 2.27. The number of carbonyl (C=O) groups excluding carboxylic acids is 1. The van der Waals surface area contributed by atoms with E-state index in [4.69, 9.17) is 0 Å². The van der Waals surface area contributed by atoms with Crippen molar-refractivity contribution in [3.8, 4) is 0 Å². The van der Waals surface area contributed by atoms with Crippen LogP contribution in [0, 0.1) is 5.92 Å². The maximum Gasteiger partial charge on any atom is 0.133 e. The first-order chi connectivity index (χ1) is 5.64. The second kappa shape index (κ2) is 4.23. The quantitative estimate of drug-likeness (QED) is 0.450. The Bertz CT molecular complexity index is 163. The first-order valence-electron chi connectivity index (χ1n) is 4.02. The van der Waals surface area contributed by atoms with Crippen molar-refractivity contribution in [3.05, 3.63) is 0 Å². The first-order valence-corrected chi connectivity index (χ1v) is 5.90. The summed E-state index contributed by atoms with van der Waals surface area (Å²) in [5.74, 6) is 1.36. The molecule has 0 aromatic carbocycles. The molecule has 1 unspecified atom stereocenters. The Labute approximate surface area is 73.7 Å². The van der Waals surface area contributed by atoms with Crippen LogP contribution in [0.25, 0.3) is 0 Å². The van der Waals surface area contributed by atoms with Gasteiger partial charge in [-0.3, -0.25) is 9.11 Å². The summed E-state index contributed by atoms with van der Waals surface area (Å²) in [5.41, 5.74) is 0. The van der Waals surface area contributed by atoms with E-state index in [9.17, 15) is 13.9 Å². The molecule has 0 spiro atoms. The van der Waals surface area contributed by atoms with Gasteiger partial charge in [0.25, 0.3) is 0 Å². The third-order valence-electron chi connectivity index (χ3n) is 2.02. The van der Waals surface area contributed by atoms with Gasteiger partial charge in [-0.15, -0.1) is 0 Å². The van der Waals surface area contributed by atoms with Crippen LogP contribution in [-0.2, 0) is 4.79 Å². The standard InChI is InChI=1S/C7H15NO3S/c9-3-2-8-5-7-1-4-12(10,11)6-7/h3,7-8,10-11H,1-2,4-6H2. The lowest BCUT2D eigenvalue weighted by atomic mass is 10.1.